The van der Waals surface area contributed by atoms with Gasteiger partial charge in [0.05, 0.1) is 22.9 Å². The maximum atomic E-state index is 13.6. The summed E-state index contributed by atoms with van der Waals surface area (Å²) in [6.45, 7) is 0.982. The second kappa shape index (κ2) is 17.8. The molecule has 0 radical (unpaired) electrons. The molecule has 7 nitrogen and oxygen atoms in total. The monoisotopic (exact) mass is 784 g/mol. The SMILES string of the molecule is O=C(O)C(F)(F)F.O=S(=O)(Nc1cccc(OCCCN(Cc2cccc(C(F)(F)F)c2Cl)CC(c2ccccc2)c2ccccc2)c1)C(F)(F)F. The van der Waals surface area contributed by atoms with E-state index in [9.17, 15) is 47.9 Å². The van der Waals surface area contributed by atoms with Crippen molar-refractivity contribution >= 4 is 33.3 Å². The van der Waals surface area contributed by atoms with E-state index in [1.807, 2.05) is 65.6 Å². The highest BCUT2D eigenvalue weighted by Crippen LogP contribution is 2.37. The van der Waals surface area contributed by atoms with Crippen LogP contribution in [-0.2, 0) is 27.5 Å². The summed E-state index contributed by atoms with van der Waals surface area (Å²) in [5.74, 6) is -2.75. The number of rotatable bonds is 13. The van der Waals surface area contributed by atoms with Gasteiger partial charge in [-0.2, -0.15) is 47.9 Å². The minimum absolute atomic E-state index is 0.0869. The molecular formula is C34H30ClF9N2O5S. The van der Waals surface area contributed by atoms with E-state index < -0.39 is 39.4 Å². The second-order valence-electron chi connectivity index (χ2n) is 11.0. The summed E-state index contributed by atoms with van der Waals surface area (Å²) < 4.78 is 141. The molecule has 0 saturated heterocycles. The fourth-order valence-electron chi connectivity index (χ4n) is 4.77. The number of alkyl halides is 9. The number of aliphatic carboxylic acids is 1. The lowest BCUT2D eigenvalue weighted by molar-refractivity contribution is -0.192. The fraction of sp³-hybridized carbons (Fsp3) is 0.265. The van der Waals surface area contributed by atoms with E-state index in [-0.39, 0.29) is 35.5 Å². The van der Waals surface area contributed by atoms with Gasteiger partial charge in [-0.15, -0.1) is 0 Å². The van der Waals surface area contributed by atoms with Crippen molar-refractivity contribution in [1.29, 1.82) is 0 Å². The molecule has 52 heavy (non-hydrogen) atoms. The number of nitrogens with zero attached hydrogens (tertiary/aromatic N) is 1. The zero-order valence-corrected chi connectivity index (χ0v) is 28.2. The Bertz CT molecular complexity index is 1820. The van der Waals surface area contributed by atoms with Gasteiger partial charge in [0.2, 0.25) is 0 Å². The van der Waals surface area contributed by atoms with Crippen molar-refractivity contribution < 1.29 is 62.6 Å². The average Bonchev–Trinajstić information content (AvgIpc) is 3.06. The molecule has 4 rings (SSSR count). The number of benzene rings is 4. The Hall–Kier alpha value is -4.48. The van der Waals surface area contributed by atoms with Gasteiger partial charge < -0.3 is 9.84 Å². The molecule has 0 aliphatic heterocycles. The van der Waals surface area contributed by atoms with Crippen molar-refractivity contribution in [3.63, 3.8) is 0 Å². The standard InChI is InChI=1S/C32H29ClF6N2O3S.C2HF3O2/c33-30-25(14-7-17-29(30)31(34,35)36)21-41(22-28(23-10-3-1-4-11-23)24-12-5-2-6-13-24)18-9-19-44-27-16-8-15-26(20-27)40-45(42,43)32(37,38)39;3-2(4,5)1(6)7/h1-8,10-17,20,28,40H,9,18-19,21-22H2;(H,6,7). The lowest BCUT2D eigenvalue weighted by atomic mass is 9.90. The van der Waals surface area contributed by atoms with Crippen LogP contribution in [0.2, 0.25) is 5.02 Å². The number of anilines is 1. The molecule has 0 aliphatic rings. The molecule has 4 aromatic carbocycles. The summed E-state index contributed by atoms with van der Waals surface area (Å²) in [4.78, 5) is 10.9. The number of carboxylic acids is 1. The summed E-state index contributed by atoms with van der Waals surface area (Å²) in [6.07, 6.45) is -9.32. The topological polar surface area (TPSA) is 95.9 Å². The van der Waals surface area contributed by atoms with Crippen LogP contribution >= 0.6 is 11.6 Å². The molecule has 0 fully saturated rings. The highest BCUT2D eigenvalue weighted by molar-refractivity contribution is 7.93. The van der Waals surface area contributed by atoms with E-state index in [1.54, 1.807) is 6.07 Å². The predicted octanol–water partition coefficient (Wildman–Crippen LogP) is 9.36. The normalized spacial score (nSPS) is 12.3. The maximum Gasteiger partial charge on any atom is 0.516 e. The number of hydrogen-bond donors (Lipinski definition) is 2. The van der Waals surface area contributed by atoms with Crippen molar-refractivity contribution in [2.45, 2.75) is 36.7 Å². The molecule has 0 bridgehead atoms. The number of carbonyl (C=O) groups is 1. The molecule has 2 N–H and O–H groups in total. The summed E-state index contributed by atoms with van der Waals surface area (Å²) in [5, 5.41) is 6.75. The summed E-state index contributed by atoms with van der Waals surface area (Å²) in [5.41, 5.74) is -4.39. The molecule has 0 heterocycles. The van der Waals surface area contributed by atoms with Gasteiger partial charge >= 0.3 is 33.9 Å². The van der Waals surface area contributed by atoms with Gasteiger partial charge in [-0.25, -0.2) is 4.79 Å². The molecule has 0 aromatic heterocycles. The Morgan fingerprint density at radius 1 is 0.808 bits per heavy atom. The summed E-state index contributed by atoms with van der Waals surface area (Å²) in [6, 6.07) is 28.3. The lowest BCUT2D eigenvalue weighted by Crippen LogP contribution is -2.31. The molecule has 0 saturated carbocycles. The van der Waals surface area contributed by atoms with Crippen molar-refractivity contribution in [2.75, 3.05) is 24.4 Å². The first-order valence-electron chi connectivity index (χ1n) is 15.0. The van der Waals surface area contributed by atoms with Crippen molar-refractivity contribution in [3.05, 3.63) is 130 Å². The lowest BCUT2D eigenvalue weighted by Gasteiger charge is -2.29. The molecule has 4 aromatic rings. The first-order chi connectivity index (χ1) is 24.2. The van der Waals surface area contributed by atoms with Crippen LogP contribution in [0, 0.1) is 0 Å². The Morgan fingerprint density at radius 3 is 1.85 bits per heavy atom. The van der Waals surface area contributed by atoms with Gasteiger partial charge in [-0.05, 0) is 41.3 Å². The Labute approximate surface area is 297 Å². The number of carboxylic acid groups (broad SMARTS) is 1. The van der Waals surface area contributed by atoms with E-state index in [2.05, 4.69) is 0 Å². The van der Waals surface area contributed by atoms with Crippen LogP contribution in [0.1, 0.15) is 34.6 Å². The first-order valence-corrected chi connectivity index (χ1v) is 16.8. The van der Waals surface area contributed by atoms with Crippen LogP contribution in [0.15, 0.2) is 103 Å². The highest BCUT2D eigenvalue weighted by atomic mass is 35.5. The number of nitrogens with one attached hydrogen (secondary N) is 1. The van der Waals surface area contributed by atoms with Crippen molar-refractivity contribution in [2.24, 2.45) is 0 Å². The van der Waals surface area contributed by atoms with Gasteiger partial charge in [0.25, 0.3) is 0 Å². The van der Waals surface area contributed by atoms with Crippen LogP contribution in [0.4, 0.5) is 45.2 Å². The third kappa shape index (κ3) is 12.6. The number of halogens is 10. The summed E-state index contributed by atoms with van der Waals surface area (Å²) >= 11 is 6.25. The van der Waals surface area contributed by atoms with Crippen LogP contribution in [0.5, 0.6) is 5.75 Å². The Morgan fingerprint density at radius 2 is 1.35 bits per heavy atom. The molecule has 18 heteroatoms. The average molecular weight is 785 g/mol. The number of hydrogen-bond acceptors (Lipinski definition) is 5. The quantitative estimate of drug-likeness (QED) is 0.104. The molecule has 0 amide bonds. The van der Waals surface area contributed by atoms with E-state index in [4.69, 9.17) is 26.2 Å². The van der Waals surface area contributed by atoms with Crippen LogP contribution in [0.3, 0.4) is 0 Å². The van der Waals surface area contributed by atoms with Gasteiger partial charge in [-0.1, -0.05) is 90.5 Å². The fourth-order valence-corrected chi connectivity index (χ4v) is 5.62. The van der Waals surface area contributed by atoms with E-state index in [0.717, 1.165) is 29.3 Å². The zero-order chi connectivity index (χ0) is 38.7. The number of sulfonamides is 1. The largest absolute Gasteiger partial charge is 0.516 e. The number of ether oxygens (including phenoxy) is 1. The van der Waals surface area contributed by atoms with E-state index in [1.165, 1.54) is 22.9 Å². The molecular weight excluding hydrogens is 755 g/mol. The Balaban J connectivity index is 0.000000944. The van der Waals surface area contributed by atoms with Gasteiger partial charge in [0.1, 0.15) is 5.75 Å². The van der Waals surface area contributed by atoms with E-state index in [0.29, 0.717) is 25.1 Å². The third-order valence-corrected chi connectivity index (χ3v) is 8.70. The van der Waals surface area contributed by atoms with Crippen molar-refractivity contribution in [1.82, 2.24) is 4.90 Å². The summed E-state index contributed by atoms with van der Waals surface area (Å²) in [7, 11) is -5.60. The first kappa shape index (κ1) is 41.9. The minimum atomic E-state index is -5.60. The molecule has 0 atom stereocenters. The zero-order valence-electron chi connectivity index (χ0n) is 26.6. The van der Waals surface area contributed by atoms with E-state index >= 15 is 0 Å². The van der Waals surface area contributed by atoms with Gasteiger partial charge in [0, 0.05) is 31.6 Å². The van der Waals surface area contributed by atoms with Gasteiger partial charge in [0.15, 0.2) is 0 Å². The smallest absolute Gasteiger partial charge is 0.493 e. The maximum absolute atomic E-state index is 13.6. The molecule has 282 valence electrons. The Kier molecular flexibility index (Phi) is 14.4. The minimum Gasteiger partial charge on any atom is -0.493 e. The molecule has 0 unspecified atom stereocenters. The highest BCUT2D eigenvalue weighted by Gasteiger charge is 2.46. The van der Waals surface area contributed by atoms with Crippen LogP contribution in [0.25, 0.3) is 0 Å². The predicted molar refractivity (Wildman–Crippen MR) is 175 cm³/mol. The molecule has 0 aliphatic carbocycles. The second-order valence-corrected chi connectivity index (χ2v) is 13.0. The third-order valence-electron chi connectivity index (χ3n) is 7.14. The molecule has 0 spiro atoms. The van der Waals surface area contributed by atoms with Crippen LogP contribution < -0.4 is 9.46 Å². The van der Waals surface area contributed by atoms with Crippen molar-refractivity contribution in [3.8, 4) is 5.75 Å². The van der Waals surface area contributed by atoms with Crippen LogP contribution in [-0.4, -0.2) is 55.8 Å². The van der Waals surface area contributed by atoms with Gasteiger partial charge in [-0.3, -0.25) is 9.62 Å².